The smallest absolute Gasteiger partial charge is 0.343 e. The fraction of sp³-hybridized carbons (Fsp3) is 0.188. The van der Waals surface area contributed by atoms with Gasteiger partial charge < -0.3 is 5.32 Å². The van der Waals surface area contributed by atoms with Gasteiger partial charge in [-0.05, 0) is 43.3 Å². The first-order valence-electron chi connectivity index (χ1n) is 7.51. The van der Waals surface area contributed by atoms with Gasteiger partial charge in [0.25, 0.3) is 5.91 Å². The van der Waals surface area contributed by atoms with Crippen LogP contribution in [0.15, 0.2) is 36.4 Å². The minimum atomic E-state index is -4.90. The molecule has 0 aliphatic carbocycles. The van der Waals surface area contributed by atoms with Crippen LogP contribution in [0.25, 0.3) is 5.69 Å². The van der Waals surface area contributed by atoms with E-state index in [4.69, 9.17) is 11.6 Å². The average Bonchev–Trinajstić information content (AvgIpc) is 3.21. The summed E-state index contributed by atoms with van der Waals surface area (Å²) in [7, 11) is 0. The molecule has 0 aliphatic heterocycles. The maximum absolute atomic E-state index is 13.6. The molecule has 0 saturated heterocycles. The number of carbonyl (C=O) groups is 1. The number of nitrogens with zero attached hydrogens (tertiary/aromatic N) is 3. The van der Waals surface area contributed by atoms with Crippen LogP contribution in [-0.2, 0) is 6.18 Å². The van der Waals surface area contributed by atoms with E-state index in [1.165, 1.54) is 11.3 Å². The lowest BCUT2D eigenvalue weighted by molar-refractivity contribution is -0.143. The van der Waals surface area contributed by atoms with Crippen LogP contribution in [0.5, 0.6) is 0 Å². The van der Waals surface area contributed by atoms with Gasteiger partial charge in [-0.25, -0.2) is 9.07 Å². The Hall–Kier alpha value is -2.46. The van der Waals surface area contributed by atoms with Crippen molar-refractivity contribution in [3.8, 4) is 5.69 Å². The van der Waals surface area contributed by atoms with Crippen LogP contribution in [0, 0.1) is 5.82 Å². The zero-order valence-corrected chi connectivity index (χ0v) is 15.2. The fourth-order valence-corrected chi connectivity index (χ4v) is 3.41. The molecule has 1 N–H and O–H groups in total. The number of carbonyl (C=O) groups excluding carboxylic acids is 1. The zero-order valence-electron chi connectivity index (χ0n) is 13.6. The van der Waals surface area contributed by atoms with Gasteiger partial charge in [-0.2, -0.15) is 13.2 Å². The normalized spacial score (nSPS) is 12.8. The Bertz CT molecular complexity index is 968. The maximum Gasteiger partial charge on any atom is 0.435 e. The van der Waals surface area contributed by atoms with Gasteiger partial charge >= 0.3 is 6.18 Å². The van der Waals surface area contributed by atoms with Gasteiger partial charge in [-0.15, -0.1) is 16.4 Å². The molecule has 1 atom stereocenters. The Morgan fingerprint density at radius 2 is 1.89 bits per heavy atom. The average molecular weight is 419 g/mol. The van der Waals surface area contributed by atoms with Crippen LogP contribution in [-0.4, -0.2) is 20.9 Å². The van der Waals surface area contributed by atoms with Gasteiger partial charge in [-0.1, -0.05) is 16.8 Å². The Morgan fingerprint density at radius 3 is 2.44 bits per heavy atom. The highest BCUT2D eigenvalue weighted by molar-refractivity contribution is 7.16. The monoisotopic (exact) mass is 418 g/mol. The summed E-state index contributed by atoms with van der Waals surface area (Å²) in [6.45, 7) is 1.61. The van der Waals surface area contributed by atoms with E-state index in [1.807, 2.05) is 0 Å². The standard InChI is InChI=1S/C16H11ClF4N4OS/c1-8(11-6-7-12(17)27-11)22-15(26)13-14(16(19,20)21)25(24-23-13)10-4-2-9(18)3-5-10/h2-8H,1H3,(H,22,26). The summed E-state index contributed by atoms with van der Waals surface area (Å²) in [5.74, 6) is -1.65. The van der Waals surface area contributed by atoms with E-state index in [-0.39, 0.29) is 5.69 Å². The van der Waals surface area contributed by atoms with Crippen molar-refractivity contribution >= 4 is 28.8 Å². The molecule has 11 heteroatoms. The second-order valence-electron chi connectivity index (χ2n) is 5.51. The van der Waals surface area contributed by atoms with E-state index < -0.39 is 35.3 Å². The van der Waals surface area contributed by atoms with Crippen molar-refractivity contribution < 1.29 is 22.4 Å². The van der Waals surface area contributed by atoms with Gasteiger partial charge in [0.05, 0.1) is 16.1 Å². The van der Waals surface area contributed by atoms with Crippen molar-refractivity contribution in [3.05, 3.63) is 62.8 Å². The molecule has 1 unspecified atom stereocenters. The van der Waals surface area contributed by atoms with Crippen molar-refractivity contribution in [1.29, 1.82) is 0 Å². The summed E-state index contributed by atoms with van der Waals surface area (Å²) in [6, 6.07) is 6.90. The van der Waals surface area contributed by atoms with Gasteiger partial charge in [0.2, 0.25) is 0 Å². The number of aromatic nitrogens is 3. The highest BCUT2D eigenvalue weighted by atomic mass is 35.5. The van der Waals surface area contributed by atoms with Crippen LogP contribution in [0.1, 0.15) is 34.0 Å². The molecule has 2 aromatic heterocycles. The van der Waals surface area contributed by atoms with Gasteiger partial charge in [0.15, 0.2) is 11.4 Å². The number of amides is 1. The van der Waals surface area contributed by atoms with Gasteiger partial charge in [0, 0.05) is 4.88 Å². The van der Waals surface area contributed by atoms with E-state index in [0.717, 1.165) is 24.3 Å². The number of hydrogen-bond acceptors (Lipinski definition) is 4. The fourth-order valence-electron chi connectivity index (χ4n) is 2.35. The highest BCUT2D eigenvalue weighted by Gasteiger charge is 2.42. The van der Waals surface area contributed by atoms with E-state index in [0.29, 0.717) is 13.9 Å². The van der Waals surface area contributed by atoms with Crippen LogP contribution in [0.2, 0.25) is 4.34 Å². The maximum atomic E-state index is 13.6. The predicted molar refractivity (Wildman–Crippen MR) is 91.5 cm³/mol. The number of rotatable bonds is 4. The molecule has 0 bridgehead atoms. The van der Waals surface area contributed by atoms with Crippen molar-refractivity contribution in [2.75, 3.05) is 0 Å². The number of hydrogen-bond donors (Lipinski definition) is 1. The van der Waals surface area contributed by atoms with Crippen molar-refractivity contribution in [3.63, 3.8) is 0 Å². The van der Waals surface area contributed by atoms with Gasteiger partial charge in [-0.3, -0.25) is 4.79 Å². The summed E-state index contributed by atoms with van der Waals surface area (Å²) in [6.07, 6.45) is -4.90. The molecule has 3 rings (SSSR count). The summed E-state index contributed by atoms with van der Waals surface area (Å²) in [5, 5.41) is 9.28. The molecule has 3 aromatic rings. The molecule has 0 saturated carbocycles. The first kappa shape index (κ1) is 19.3. The highest BCUT2D eigenvalue weighted by Crippen LogP contribution is 2.33. The molecule has 1 amide bonds. The molecule has 1 aromatic carbocycles. The Kier molecular flexibility index (Phi) is 5.20. The Labute approximate surface area is 159 Å². The number of alkyl halides is 3. The number of thiophene rings is 1. The zero-order chi connectivity index (χ0) is 19.8. The van der Waals surface area contributed by atoms with E-state index in [9.17, 15) is 22.4 Å². The third-order valence-corrected chi connectivity index (χ3v) is 5.01. The van der Waals surface area contributed by atoms with E-state index >= 15 is 0 Å². The quantitative estimate of drug-likeness (QED) is 0.628. The number of nitrogens with one attached hydrogen (secondary N) is 1. The SMILES string of the molecule is CC(NC(=O)c1nnn(-c2ccc(F)cc2)c1C(F)(F)F)c1ccc(Cl)s1. The Balaban J connectivity index is 1.95. The molecule has 0 aliphatic rings. The Morgan fingerprint density at radius 1 is 1.22 bits per heavy atom. The third-order valence-electron chi connectivity index (χ3n) is 3.59. The first-order valence-corrected chi connectivity index (χ1v) is 8.71. The lowest BCUT2D eigenvalue weighted by atomic mass is 10.2. The summed E-state index contributed by atoms with van der Waals surface area (Å²) < 4.78 is 54.7. The molecule has 2 heterocycles. The second-order valence-corrected chi connectivity index (χ2v) is 7.26. The molecule has 142 valence electrons. The molecular weight excluding hydrogens is 408 g/mol. The number of benzene rings is 1. The third kappa shape index (κ3) is 4.11. The minimum Gasteiger partial charge on any atom is -0.343 e. The molecule has 0 spiro atoms. The molecule has 5 nitrogen and oxygen atoms in total. The first-order chi connectivity index (χ1) is 12.7. The van der Waals surface area contributed by atoms with Crippen molar-refractivity contribution in [2.24, 2.45) is 0 Å². The molecule has 0 fully saturated rings. The molecular formula is C16H11ClF4N4OS. The summed E-state index contributed by atoms with van der Waals surface area (Å²) in [4.78, 5) is 13.1. The predicted octanol–water partition coefficient (Wildman–Crippen LogP) is 4.63. The minimum absolute atomic E-state index is 0.0756. The topological polar surface area (TPSA) is 59.8 Å². The van der Waals surface area contributed by atoms with E-state index in [2.05, 4.69) is 15.6 Å². The summed E-state index contributed by atoms with van der Waals surface area (Å²) >= 11 is 7.03. The van der Waals surface area contributed by atoms with Gasteiger partial charge in [0.1, 0.15) is 5.82 Å². The number of halogens is 5. The summed E-state index contributed by atoms with van der Waals surface area (Å²) in [5.41, 5.74) is -2.29. The van der Waals surface area contributed by atoms with Crippen LogP contribution < -0.4 is 5.32 Å². The van der Waals surface area contributed by atoms with Crippen LogP contribution in [0.4, 0.5) is 17.6 Å². The second kappa shape index (κ2) is 7.28. The lowest BCUT2D eigenvalue weighted by Crippen LogP contribution is -2.29. The van der Waals surface area contributed by atoms with E-state index in [1.54, 1.807) is 19.1 Å². The lowest BCUT2D eigenvalue weighted by Gasteiger charge is -2.13. The van der Waals surface area contributed by atoms with Crippen LogP contribution >= 0.6 is 22.9 Å². The molecule has 0 radical (unpaired) electrons. The molecule has 27 heavy (non-hydrogen) atoms. The van der Waals surface area contributed by atoms with Crippen LogP contribution in [0.3, 0.4) is 0 Å². The largest absolute Gasteiger partial charge is 0.435 e. The van der Waals surface area contributed by atoms with Crippen molar-refractivity contribution in [1.82, 2.24) is 20.3 Å². The van der Waals surface area contributed by atoms with Crippen molar-refractivity contribution in [2.45, 2.75) is 19.1 Å².